The van der Waals surface area contributed by atoms with E-state index in [2.05, 4.69) is 15.6 Å². The molecule has 2 saturated heterocycles. The third-order valence-electron chi connectivity index (χ3n) is 7.50. The van der Waals surface area contributed by atoms with Crippen LogP contribution in [-0.4, -0.2) is 62.7 Å². The van der Waals surface area contributed by atoms with Crippen LogP contribution in [0.2, 0.25) is 0 Å². The summed E-state index contributed by atoms with van der Waals surface area (Å²) in [6, 6.07) is 7.14. The lowest BCUT2D eigenvalue weighted by Gasteiger charge is -2.38. The lowest BCUT2D eigenvalue weighted by molar-refractivity contribution is -0.135. The number of nitrogens with zero attached hydrogens (tertiary/aromatic N) is 2. The van der Waals surface area contributed by atoms with E-state index in [1.54, 1.807) is 19.2 Å². The molecule has 2 heterocycles. The average molecular weight is 445 g/mol. The number of amides is 1. The van der Waals surface area contributed by atoms with Gasteiger partial charge in [-0.1, -0.05) is 31.4 Å². The van der Waals surface area contributed by atoms with Crippen LogP contribution in [0.25, 0.3) is 0 Å². The lowest BCUT2D eigenvalue weighted by atomic mass is 9.74. The normalized spacial score (nSPS) is 24.4. The molecular formula is C25H37FN4O2. The average Bonchev–Trinajstić information content (AvgIpc) is 3.31. The quantitative estimate of drug-likeness (QED) is 0.541. The second kappa shape index (κ2) is 10.6. The molecule has 7 heteroatoms. The number of halogens is 1. The Hall–Kier alpha value is -2.15. The van der Waals surface area contributed by atoms with Crippen LogP contribution in [0.4, 0.5) is 4.39 Å². The largest absolute Gasteiger partial charge is 0.381 e. The zero-order chi connectivity index (χ0) is 22.4. The van der Waals surface area contributed by atoms with E-state index >= 15 is 0 Å². The molecule has 1 aliphatic carbocycles. The topological polar surface area (TPSA) is 66.0 Å². The SMILES string of the molecule is CN=C(NCC1(c2cccc(F)c2)CCOCC1)NC1CCN(C(=O)C2CCCCC2)C1. The van der Waals surface area contributed by atoms with Gasteiger partial charge in [0.15, 0.2) is 5.96 Å². The van der Waals surface area contributed by atoms with Crippen molar-refractivity contribution in [1.29, 1.82) is 0 Å². The highest BCUT2D eigenvalue weighted by Gasteiger charge is 2.36. The molecule has 2 N–H and O–H groups in total. The number of carbonyl (C=O) groups is 1. The van der Waals surface area contributed by atoms with Crippen LogP contribution in [0.15, 0.2) is 29.3 Å². The van der Waals surface area contributed by atoms with Gasteiger partial charge in [0.25, 0.3) is 0 Å². The van der Waals surface area contributed by atoms with E-state index in [-0.39, 0.29) is 23.2 Å². The first-order valence-corrected chi connectivity index (χ1v) is 12.2. The van der Waals surface area contributed by atoms with Crippen molar-refractivity contribution in [3.05, 3.63) is 35.6 Å². The van der Waals surface area contributed by atoms with Crippen LogP contribution in [0.1, 0.15) is 56.9 Å². The fourth-order valence-corrected chi connectivity index (χ4v) is 5.47. The van der Waals surface area contributed by atoms with Crippen LogP contribution < -0.4 is 10.6 Å². The Morgan fingerprint density at radius 1 is 1.22 bits per heavy atom. The highest BCUT2D eigenvalue weighted by Crippen LogP contribution is 2.34. The summed E-state index contributed by atoms with van der Waals surface area (Å²) in [5.41, 5.74) is 0.824. The van der Waals surface area contributed by atoms with Crippen molar-refractivity contribution in [3.63, 3.8) is 0 Å². The number of rotatable bonds is 5. The highest BCUT2D eigenvalue weighted by molar-refractivity contribution is 5.81. The molecule has 1 saturated carbocycles. The molecule has 1 atom stereocenters. The second-order valence-corrected chi connectivity index (χ2v) is 9.58. The van der Waals surface area contributed by atoms with E-state index in [4.69, 9.17) is 4.74 Å². The number of hydrogen-bond acceptors (Lipinski definition) is 3. The van der Waals surface area contributed by atoms with Crippen molar-refractivity contribution in [2.75, 3.05) is 39.9 Å². The Bertz CT molecular complexity index is 803. The summed E-state index contributed by atoms with van der Waals surface area (Å²) >= 11 is 0. The van der Waals surface area contributed by atoms with Gasteiger partial charge in [-0.15, -0.1) is 0 Å². The van der Waals surface area contributed by atoms with Gasteiger partial charge in [-0.25, -0.2) is 4.39 Å². The minimum absolute atomic E-state index is 0.184. The third kappa shape index (κ3) is 5.42. The Balaban J connectivity index is 1.33. The Labute approximate surface area is 191 Å². The molecule has 0 aromatic heterocycles. The van der Waals surface area contributed by atoms with Gasteiger partial charge < -0.3 is 20.3 Å². The number of nitrogens with one attached hydrogen (secondary N) is 2. The molecule has 1 aromatic carbocycles. The van der Waals surface area contributed by atoms with Gasteiger partial charge in [-0.2, -0.15) is 0 Å². The van der Waals surface area contributed by atoms with E-state index in [0.717, 1.165) is 56.7 Å². The molecule has 6 nitrogen and oxygen atoms in total. The first-order valence-electron chi connectivity index (χ1n) is 12.2. The molecule has 0 spiro atoms. The van der Waals surface area contributed by atoms with Gasteiger partial charge in [0.1, 0.15) is 5.82 Å². The predicted molar refractivity (Wildman–Crippen MR) is 124 cm³/mol. The Morgan fingerprint density at radius 3 is 2.72 bits per heavy atom. The number of ether oxygens (including phenoxy) is 1. The van der Waals surface area contributed by atoms with Crippen molar-refractivity contribution in [2.24, 2.45) is 10.9 Å². The van der Waals surface area contributed by atoms with Crippen molar-refractivity contribution in [2.45, 2.75) is 62.8 Å². The third-order valence-corrected chi connectivity index (χ3v) is 7.50. The number of benzene rings is 1. The molecule has 1 amide bonds. The van der Waals surface area contributed by atoms with Crippen molar-refractivity contribution in [1.82, 2.24) is 15.5 Å². The molecule has 0 bridgehead atoms. The molecule has 3 fully saturated rings. The minimum atomic E-state index is -0.204. The van der Waals surface area contributed by atoms with Crippen molar-refractivity contribution in [3.8, 4) is 0 Å². The maximum atomic E-state index is 13.9. The zero-order valence-corrected chi connectivity index (χ0v) is 19.2. The second-order valence-electron chi connectivity index (χ2n) is 9.58. The van der Waals surface area contributed by atoms with E-state index in [1.165, 1.54) is 25.3 Å². The lowest BCUT2D eigenvalue weighted by Crippen LogP contribution is -2.50. The van der Waals surface area contributed by atoms with Crippen LogP contribution in [0.5, 0.6) is 0 Å². The van der Waals surface area contributed by atoms with Gasteiger partial charge in [-0.05, 0) is 49.8 Å². The summed E-state index contributed by atoms with van der Waals surface area (Å²) in [6.45, 7) is 3.56. The van der Waals surface area contributed by atoms with Gasteiger partial charge in [0.05, 0.1) is 0 Å². The number of guanidine groups is 1. The summed E-state index contributed by atoms with van der Waals surface area (Å²) < 4.78 is 19.5. The van der Waals surface area contributed by atoms with Crippen LogP contribution in [0, 0.1) is 11.7 Å². The van der Waals surface area contributed by atoms with E-state index in [9.17, 15) is 9.18 Å². The fraction of sp³-hybridized carbons (Fsp3) is 0.680. The molecular weight excluding hydrogens is 407 g/mol. The van der Waals surface area contributed by atoms with Crippen LogP contribution in [-0.2, 0) is 14.9 Å². The van der Waals surface area contributed by atoms with E-state index < -0.39 is 0 Å². The zero-order valence-electron chi connectivity index (χ0n) is 19.2. The summed E-state index contributed by atoms with van der Waals surface area (Å²) in [6.07, 6.45) is 8.33. The molecule has 3 aliphatic rings. The summed E-state index contributed by atoms with van der Waals surface area (Å²) in [5, 5.41) is 7.00. The monoisotopic (exact) mass is 444 g/mol. The Kier molecular flexibility index (Phi) is 7.66. The minimum Gasteiger partial charge on any atom is -0.381 e. The van der Waals surface area contributed by atoms with E-state index in [0.29, 0.717) is 25.7 Å². The van der Waals surface area contributed by atoms with Gasteiger partial charge >= 0.3 is 0 Å². The first-order chi connectivity index (χ1) is 15.6. The van der Waals surface area contributed by atoms with Gasteiger partial charge in [0.2, 0.25) is 5.91 Å². The van der Waals surface area contributed by atoms with Crippen molar-refractivity contribution < 1.29 is 13.9 Å². The standard InChI is InChI=1S/C25H37FN4O2/c1-27-24(29-22-10-13-30(17-22)23(31)19-6-3-2-4-7-19)28-18-25(11-14-32-15-12-25)20-8-5-9-21(26)16-20/h5,8-9,16,19,22H,2-4,6-7,10-15,17-18H2,1H3,(H2,27,28,29). The number of likely N-dealkylation sites (tertiary alicyclic amines) is 1. The molecule has 1 unspecified atom stereocenters. The summed E-state index contributed by atoms with van der Waals surface area (Å²) in [4.78, 5) is 19.3. The molecule has 1 aromatic rings. The van der Waals surface area contributed by atoms with Gasteiger partial charge in [0, 0.05) is 57.3 Å². The molecule has 176 valence electrons. The van der Waals surface area contributed by atoms with Crippen LogP contribution in [0.3, 0.4) is 0 Å². The van der Waals surface area contributed by atoms with Gasteiger partial charge in [-0.3, -0.25) is 9.79 Å². The summed E-state index contributed by atoms with van der Waals surface area (Å²) in [5.74, 6) is 1.09. The number of aliphatic imine (C=N–C) groups is 1. The molecule has 4 rings (SSSR count). The summed E-state index contributed by atoms with van der Waals surface area (Å²) in [7, 11) is 1.77. The fourth-order valence-electron chi connectivity index (χ4n) is 5.47. The maximum Gasteiger partial charge on any atom is 0.225 e. The molecule has 32 heavy (non-hydrogen) atoms. The molecule has 2 aliphatic heterocycles. The Morgan fingerprint density at radius 2 is 2.00 bits per heavy atom. The predicted octanol–water partition coefficient (Wildman–Crippen LogP) is 3.22. The molecule has 0 radical (unpaired) electrons. The first kappa shape index (κ1) is 23.0. The smallest absolute Gasteiger partial charge is 0.225 e. The highest BCUT2D eigenvalue weighted by atomic mass is 19.1. The van der Waals surface area contributed by atoms with Crippen molar-refractivity contribution >= 4 is 11.9 Å². The number of hydrogen-bond donors (Lipinski definition) is 2. The maximum absolute atomic E-state index is 13.9. The number of carbonyl (C=O) groups excluding carboxylic acids is 1. The van der Waals surface area contributed by atoms with E-state index in [1.807, 2.05) is 11.0 Å². The van der Waals surface area contributed by atoms with Crippen LogP contribution >= 0.6 is 0 Å².